The normalized spacial score (nSPS) is 10.9. The van der Waals surface area contributed by atoms with Crippen LogP contribution < -0.4 is 15.5 Å². The van der Waals surface area contributed by atoms with E-state index in [0.29, 0.717) is 28.0 Å². The summed E-state index contributed by atoms with van der Waals surface area (Å²) in [6.07, 6.45) is 4.46. The van der Waals surface area contributed by atoms with Gasteiger partial charge in [0.1, 0.15) is 16.9 Å². The van der Waals surface area contributed by atoms with Crippen LogP contribution in [0, 0.1) is 18.6 Å². The van der Waals surface area contributed by atoms with Crippen molar-refractivity contribution in [3.05, 3.63) is 118 Å². The van der Waals surface area contributed by atoms with Gasteiger partial charge >= 0.3 is 0 Å². The van der Waals surface area contributed by atoms with Crippen LogP contribution in [0.25, 0.3) is 27.7 Å². The molecule has 0 fully saturated rings. The number of carbonyl (C=O) groups excluding carboxylic acids is 1. The van der Waals surface area contributed by atoms with Crippen molar-refractivity contribution in [1.82, 2.24) is 15.0 Å². The third kappa shape index (κ3) is 5.15. The zero-order valence-electron chi connectivity index (χ0n) is 21.0. The van der Waals surface area contributed by atoms with Gasteiger partial charge in [-0.1, -0.05) is 18.7 Å². The molecule has 0 aliphatic heterocycles. The van der Waals surface area contributed by atoms with E-state index in [-0.39, 0.29) is 22.6 Å². The number of allylic oxidation sites excluding steroid dienone is 1. The Hall–Kier alpha value is -5.18. The highest BCUT2D eigenvalue weighted by atomic mass is 19.1. The molecular formula is C30H22F2N4O3. The van der Waals surface area contributed by atoms with E-state index in [0.717, 1.165) is 17.2 Å². The maximum Gasteiger partial charge on any atom is 0.261 e. The first-order chi connectivity index (χ1) is 18.7. The average molecular weight is 525 g/mol. The van der Waals surface area contributed by atoms with E-state index >= 15 is 0 Å². The fourth-order valence-corrected chi connectivity index (χ4v) is 4.06. The first-order valence-electron chi connectivity index (χ1n) is 11.9. The van der Waals surface area contributed by atoms with Crippen LogP contribution in [0.3, 0.4) is 0 Å². The molecule has 3 aromatic heterocycles. The predicted octanol–water partition coefficient (Wildman–Crippen LogP) is 6.65. The summed E-state index contributed by atoms with van der Waals surface area (Å²) >= 11 is 0. The Bertz CT molecular complexity index is 1810. The zero-order valence-corrected chi connectivity index (χ0v) is 21.0. The van der Waals surface area contributed by atoms with Crippen LogP contribution in [0.4, 0.5) is 14.5 Å². The van der Waals surface area contributed by atoms with E-state index in [9.17, 15) is 18.4 Å². The molecule has 39 heavy (non-hydrogen) atoms. The fourth-order valence-electron chi connectivity index (χ4n) is 4.06. The standard InChI is InChI=1S/C30H22F2N4O3/c1-16(2)19-12-24-28(35-14-19)26(10-11-33-24)39-25-9-8-21(13-23(25)32)36-30(38)22-15-34-17(3)27(29(22)37)18-4-6-20(31)7-5-18/h4-15H,1H2,2-3H3,(H,34,37)(H,36,38). The number of benzene rings is 2. The topological polar surface area (TPSA) is 97.0 Å². The Kier molecular flexibility index (Phi) is 6.72. The van der Waals surface area contributed by atoms with Crippen molar-refractivity contribution in [3.8, 4) is 22.6 Å². The summed E-state index contributed by atoms with van der Waals surface area (Å²) in [4.78, 5) is 37.6. The number of hydrogen-bond donors (Lipinski definition) is 2. The smallest absolute Gasteiger partial charge is 0.261 e. The SMILES string of the molecule is C=C(C)c1cnc2c(Oc3ccc(NC(=O)c4c[nH]c(C)c(-c5ccc(F)cc5)c4=O)cc3F)ccnc2c1. The van der Waals surface area contributed by atoms with Crippen LogP contribution in [0.2, 0.25) is 0 Å². The lowest BCUT2D eigenvalue weighted by Crippen LogP contribution is -2.23. The van der Waals surface area contributed by atoms with E-state index in [2.05, 4.69) is 26.8 Å². The van der Waals surface area contributed by atoms with Crippen molar-refractivity contribution >= 4 is 28.2 Å². The molecule has 0 radical (unpaired) electrons. The molecule has 3 heterocycles. The highest BCUT2D eigenvalue weighted by molar-refractivity contribution is 6.04. The molecule has 5 aromatic rings. The number of anilines is 1. The Morgan fingerprint density at radius 3 is 2.51 bits per heavy atom. The summed E-state index contributed by atoms with van der Waals surface area (Å²) in [5.74, 6) is -1.69. The molecule has 1 amide bonds. The first kappa shape index (κ1) is 25.5. The number of H-pyrrole nitrogens is 1. The molecule has 0 saturated carbocycles. The molecule has 5 rings (SSSR count). The lowest BCUT2D eigenvalue weighted by atomic mass is 10.0. The highest BCUT2D eigenvalue weighted by Crippen LogP contribution is 2.31. The van der Waals surface area contributed by atoms with Gasteiger partial charge in [-0.15, -0.1) is 0 Å². The van der Waals surface area contributed by atoms with Crippen LogP contribution in [-0.2, 0) is 0 Å². The lowest BCUT2D eigenvalue weighted by molar-refractivity contribution is 0.102. The van der Waals surface area contributed by atoms with Crippen molar-refractivity contribution in [1.29, 1.82) is 0 Å². The van der Waals surface area contributed by atoms with Crippen LogP contribution in [0.15, 0.2) is 84.6 Å². The number of hydrogen-bond acceptors (Lipinski definition) is 5. The van der Waals surface area contributed by atoms with Crippen LogP contribution in [-0.4, -0.2) is 20.9 Å². The monoisotopic (exact) mass is 524 g/mol. The van der Waals surface area contributed by atoms with Gasteiger partial charge in [-0.3, -0.25) is 19.6 Å². The van der Waals surface area contributed by atoms with Gasteiger partial charge in [0.15, 0.2) is 17.3 Å². The summed E-state index contributed by atoms with van der Waals surface area (Å²) in [5.41, 5.74) is 3.32. The minimum atomic E-state index is -0.735. The van der Waals surface area contributed by atoms with Gasteiger partial charge in [0.05, 0.1) is 5.52 Å². The Morgan fingerprint density at radius 1 is 1.03 bits per heavy atom. The number of carbonyl (C=O) groups is 1. The molecule has 7 nitrogen and oxygen atoms in total. The Labute approximate surface area is 221 Å². The average Bonchev–Trinajstić information content (AvgIpc) is 2.91. The molecule has 0 bridgehead atoms. The van der Waals surface area contributed by atoms with Crippen LogP contribution in [0.5, 0.6) is 11.5 Å². The van der Waals surface area contributed by atoms with Crippen LogP contribution >= 0.6 is 0 Å². The second-order valence-electron chi connectivity index (χ2n) is 8.92. The summed E-state index contributed by atoms with van der Waals surface area (Å²) in [5, 5.41) is 2.54. The van der Waals surface area contributed by atoms with Crippen molar-refractivity contribution in [2.24, 2.45) is 0 Å². The van der Waals surface area contributed by atoms with E-state index in [1.807, 2.05) is 13.0 Å². The third-order valence-electron chi connectivity index (χ3n) is 6.10. The number of nitrogens with zero attached hydrogens (tertiary/aromatic N) is 2. The highest BCUT2D eigenvalue weighted by Gasteiger charge is 2.18. The maximum atomic E-state index is 15.0. The molecule has 2 aromatic carbocycles. The maximum absolute atomic E-state index is 15.0. The quantitative estimate of drug-likeness (QED) is 0.259. The number of rotatable bonds is 6. The molecule has 0 aliphatic carbocycles. The van der Waals surface area contributed by atoms with Crippen molar-refractivity contribution in [3.63, 3.8) is 0 Å². The molecular weight excluding hydrogens is 502 g/mol. The van der Waals surface area contributed by atoms with Gasteiger partial charge in [-0.2, -0.15) is 0 Å². The lowest BCUT2D eigenvalue weighted by Gasteiger charge is -2.12. The second-order valence-corrected chi connectivity index (χ2v) is 8.92. The second kappa shape index (κ2) is 10.3. The Morgan fingerprint density at radius 2 is 1.79 bits per heavy atom. The number of ether oxygens (including phenoxy) is 1. The van der Waals surface area contributed by atoms with Gasteiger partial charge in [0.2, 0.25) is 5.43 Å². The molecule has 2 N–H and O–H groups in total. The van der Waals surface area contributed by atoms with Gasteiger partial charge in [0, 0.05) is 47.7 Å². The number of aromatic nitrogens is 3. The molecule has 0 unspecified atom stereocenters. The minimum absolute atomic E-state index is 0.0851. The van der Waals surface area contributed by atoms with Gasteiger partial charge < -0.3 is 15.0 Å². The van der Waals surface area contributed by atoms with E-state index in [1.54, 1.807) is 19.2 Å². The third-order valence-corrected chi connectivity index (χ3v) is 6.10. The first-order valence-corrected chi connectivity index (χ1v) is 11.9. The molecule has 0 saturated heterocycles. The van der Waals surface area contributed by atoms with Crippen molar-refractivity contribution < 1.29 is 18.3 Å². The van der Waals surface area contributed by atoms with Gasteiger partial charge in [0.25, 0.3) is 5.91 Å². The zero-order chi connectivity index (χ0) is 27.7. The minimum Gasteiger partial charge on any atom is -0.452 e. The number of nitrogens with one attached hydrogen (secondary N) is 2. The number of aromatic amines is 1. The predicted molar refractivity (Wildman–Crippen MR) is 146 cm³/mol. The molecule has 194 valence electrons. The summed E-state index contributed by atoms with van der Waals surface area (Å²) < 4.78 is 34.1. The number of aryl methyl sites for hydroxylation is 1. The summed E-state index contributed by atoms with van der Waals surface area (Å²) in [7, 11) is 0. The number of fused-ring (bicyclic) bond motifs is 1. The van der Waals surface area contributed by atoms with E-state index in [1.165, 1.54) is 48.8 Å². The molecule has 0 atom stereocenters. The van der Waals surface area contributed by atoms with Gasteiger partial charge in [-0.05, 0) is 60.9 Å². The van der Waals surface area contributed by atoms with Crippen molar-refractivity contribution in [2.75, 3.05) is 5.32 Å². The van der Waals surface area contributed by atoms with E-state index in [4.69, 9.17) is 4.74 Å². The number of amides is 1. The summed E-state index contributed by atoms with van der Waals surface area (Å²) in [6, 6.07) is 12.7. The fraction of sp³-hybridized carbons (Fsp3) is 0.0667. The number of pyridine rings is 3. The molecule has 0 spiro atoms. The van der Waals surface area contributed by atoms with Crippen molar-refractivity contribution in [2.45, 2.75) is 13.8 Å². The Balaban J connectivity index is 1.38. The largest absolute Gasteiger partial charge is 0.452 e. The number of halogens is 2. The molecule has 0 aliphatic rings. The van der Waals surface area contributed by atoms with Crippen LogP contribution in [0.1, 0.15) is 28.5 Å². The molecule has 9 heteroatoms. The summed E-state index contributed by atoms with van der Waals surface area (Å²) in [6.45, 7) is 7.44. The van der Waals surface area contributed by atoms with Gasteiger partial charge in [-0.25, -0.2) is 8.78 Å². The van der Waals surface area contributed by atoms with E-state index < -0.39 is 23.0 Å².